The third-order valence-electron chi connectivity index (χ3n) is 19.4. The van der Waals surface area contributed by atoms with Crippen molar-refractivity contribution in [2.75, 3.05) is 0 Å². The van der Waals surface area contributed by atoms with Crippen molar-refractivity contribution < 1.29 is 64.1 Å². The number of aromatic amines is 4. The number of hydrogen-bond acceptors (Lipinski definition) is 11. The molecule has 0 amide bonds. The molecule has 4 unspecified atom stereocenters. The molecule has 1 aliphatic carbocycles. The highest BCUT2D eigenvalue weighted by Gasteiger charge is 2.53. The van der Waals surface area contributed by atoms with Crippen LogP contribution >= 0.6 is 0 Å². The Morgan fingerprint density at radius 2 is 0.849 bits per heavy atom. The Kier molecular flexibility index (Phi) is 17.1. The Hall–Kier alpha value is -10.3. The number of H-pyrrole nitrogens is 4. The molecule has 0 spiro atoms. The molecule has 5 aliphatic rings. The van der Waals surface area contributed by atoms with E-state index in [0.29, 0.717) is 102 Å². The van der Waals surface area contributed by atoms with E-state index in [1.54, 1.807) is 25.1 Å². The molecular weight excluding hydrogens is 1180 g/mol. The van der Waals surface area contributed by atoms with Crippen LogP contribution in [0.5, 0.6) is 0 Å². The summed E-state index contributed by atoms with van der Waals surface area (Å²) < 4.78 is 7.31. The molecule has 10 heterocycles. The van der Waals surface area contributed by atoms with Crippen LogP contribution in [-0.2, 0) is 51.8 Å². The highest BCUT2D eigenvalue weighted by atomic mass is 16.5. The summed E-state index contributed by atoms with van der Waals surface area (Å²) in [6, 6.07) is 15.0. The van der Waals surface area contributed by atoms with Crippen molar-refractivity contribution in [3.63, 3.8) is 0 Å². The van der Waals surface area contributed by atoms with Gasteiger partial charge >= 0.3 is 35.8 Å². The number of allylic oxidation sites excluding steroid dienone is 9. The smallest absolute Gasteiger partial charge is 0.332 e. The third-order valence-corrected chi connectivity index (χ3v) is 19.4. The fourth-order valence-electron chi connectivity index (χ4n) is 14.3. The maximum absolute atomic E-state index is 13.5. The van der Waals surface area contributed by atoms with Gasteiger partial charge in [0.1, 0.15) is 5.92 Å². The van der Waals surface area contributed by atoms with Gasteiger partial charge in [-0.05, 0) is 222 Å². The van der Waals surface area contributed by atoms with Crippen LogP contribution in [0.2, 0.25) is 0 Å². The van der Waals surface area contributed by atoms with E-state index < -0.39 is 59.4 Å². The summed E-state index contributed by atoms with van der Waals surface area (Å²) in [5, 5.41) is 61.2. The summed E-state index contributed by atoms with van der Waals surface area (Å²) in [4.78, 5) is 110. The number of aryl methyl sites for hydroxylation is 6. The first-order chi connectivity index (χ1) is 44.1. The van der Waals surface area contributed by atoms with Crippen LogP contribution in [0, 0.1) is 33.6 Å². The lowest BCUT2D eigenvalue weighted by molar-refractivity contribution is -0.145. The molecule has 480 valence electrons. The van der Waals surface area contributed by atoms with Gasteiger partial charge in [0.2, 0.25) is 0 Å². The summed E-state index contributed by atoms with van der Waals surface area (Å²) >= 11 is 0. The van der Waals surface area contributed by atoms with Gasteiger partial charge in [0.05, 0.1) is 68.7 Å². The van der Waals surface area contributed by atoms with Crippen LogP contribution in [0.1, 0.15) is 196 Å². The largest absolute Gasteiger partial charge is 0.481 e. The van der Waals surface area contributed by atoms with E-state index in [9.17, 15) is 59.4 Å². The Morgan fingerprint density at radius 3 is 1.31 bits per heavy atom. The van der Waals surface area contributed by atoms with Gasteiger partial charge in [-0.25, -0.2) is 19.7 Å². The van der Waals surface area contributed by atoms with Crippen molar-refractivity contribution in [1.29, 1.82) is 0 Å². The second-order valence-electron chi connectivity index (χ2n) is 24.9. The number of hydrogen-bond donors (Lipinski definition) is 10. The van der Waals surface area contributed by atoms with Crippen LogP contribution in [0.4, 0.5) is 0 Å². The topological polar surface area (TPSA) is 348 Å². The van der Waals surface area contributed by atoms with E-state index >= 15 is 0 Å². The zero-order valence-electron chi connectivity index (χ0n) is 53.7. The molecule has 6 aromatic rings. The summed E-state index contributed by atoms with van der Waals surface area (Å²) in [5.41, 5.74) is 18.8. The fraction of sp³-hybridized carbons (Fsp3) is 0.333. The van der Waals surface area contributed by atoms with E-state index in [1.165, 1.54) is 6.08 Å². The van der Waals surface area contributed by atoms with Gasteiger partial charge in [0.15, 0.2) is 0 Å². The van der Waals surface area contributed by atoms with Gasteiger partial charge in [0.25, 0.3) is 0 Å². The van der Waals surface area contributed by atoms with Gasteiger partial charge in [-0.3, -0.25) is 29.0 Å². The number of rotatable bonds is 19. The lowest BCUT2D eigenvalue weighted by atomic mass is 9.64. The lowest BCUT2D eigenvalue weighted by Crippen LogP contribution is -2.41. The fourth-order valence-corrected chi connectivity index (χ4v) is 14.3. The predicted octanol–water partition coefficient (Wildman–Crippen LogP) is 14.0. The maximum Gasteiger partial charge on any atom is 0.332 e. The number of nitrogens with one attached hydrogen (secondary N) is 4. The molecule has 0 saturated heterocycles. The van der Waals surface area contributed by atoms with Crippen LogP contribution in [0.15, 0.2) is 66.3 Å². The molecular formula is C72H74N8O13. The Bertz CT molecular complexity index is 4830. The number of ether oxygens (including phenoxy) is 1. The second kappa shape index (κ2) is 24.7. The zero-order valence-corrected chi connectivity index (χ0v) is 53.7. The first kappa shape index (κ1) is 64.3. The number of aromatic nitrogens is 8. The average molecular weight is 1260 g/mol. The molecule has 0 radical (unpaired) electrons. The molecule has 16 bridgehead atoms. The van der Waals surface area contributed by atoms with Crippen molar-refractivity contribution >= 4 is 119 Å². The van der Waals surface area contributed by atoms with E-state index in [2.05, 4.69) is 39.8 Å². The molecule has 0 saturated carbocycles. The third kappa shape index (κ3) is 11.7. The van der Waals surface area contributed by atoms with Crippen LogP contribution < -0.4 is 0 Å². The quantitative estimate of drug-likeness (QED) is 0.0360. The van der Waals surface area contributed by atoms with Gasteiger partial charge in [0, 0.05) is 80.9 Å². The van der Waals surface area contributed by atoms with Gasteiger partial charge in [-0.2, -0.15) is 0 Å². The molecule has 0 fully saturated rings. The zero-order chi connectivity index (χ0) is 67.0. The highest BCUT2D eigenvalue weighted by Crippen LogP contribution is 2.52. The monoisotopic (exact) mass is 1260 g/mol. The SMILES string of the molecule is CCc1c(C)c2cc3nc(cc4nc(cc5[nH]c(cc1[nH]2)c(C)c5C(C)OC(C)c1c(C)c2cc5nc(cc6[nH]c(cc7nc(cc1[nH]2)C(C)=C7CCC(=O)O)c(CCC(=O)O)c6C)C1(C)C5=CC=C(C(=O)O)C1C(=O)O)C(C)=C4CCC(=O)O)C(CCC(=O)O)=C3C. The van der Waals surface area contributed by atoms with Gasteiger partial charge < -0.3 is 55.3 Å². The van der Waals surface area contributed by atoms with Crippen LogP contribution in [0.25, 0.3) is 83.1 Å². The normalized spacial score (nSPS) is 16.9. The molecule has 10 N–H and O–H groups in total. The molecule has 4 atom stereocenters. The average Bonchev–Trinajstić information content (AvgIpc) is 1.59. The first-order valence-corrected chi connectivity index (χ1v) is 31.1. The molecule has 6 aromatic heterocycles. The minimum Gasteiger partial charge on any atom is -0.481 e. The summed E-state index contributed by atoms with van der Waals surface area (Å²) in [7, 11) is 0. The molecule has 0 aromatic carbocycles. The molecule has 21 heteroatoms. The summed E-state index contributed by atoms with van der Waals surface area (Å²) in [5.74, 6) is -8.33. The Labute approximate surface area is 534 Å². The van der Waals surface area contributed by atoms with Crippen molar-refractivity contribution in [2.45, 2.75) is 152 Å². The van der Waals surface area contributed by atoms with Crippen molar-refractivity contribution in [3.05, 3.63) is 156 Å². The summed E-state index contributed by atoms with van der Waals surface area (Å²) in [6.07, 6.45) is 2.13. The van der Waals surface area contributed by atoms with E-state index in [0.717, 1.165) is 72.2 Å². The minimum atomic E-state index is -1.59. The van der Waals surface area contributed by atoms with Crippen LogP contribution in [0.3, 0.4) is 0 Å². The van der Waals surface area contributed by atoms with Gasteiger partial charge in [-0.15, -0.1) is 0 Å². The standard InChI is InChI=1S/C72H74N8O13/c1-12-40-31(2)47-23-48-32(3)41(14-19-63(81)82)55(74-48)28-56-42(15-20-64(83)84)33(4)49(75-56)26-60-67(36(7)51(78-60)24-54(40)73-47)38(9)93-39(10)68-37(8)52-25-59-46-18-13-45(70(89)90)69(71(91)92)72(46,11)62(80-59)30-53-35(6)44(17-22-66(87)88)58(77-53)29-57-43(16-21-65(85)86)34(5)50(76-57)27-61(68)79-52/h13,18,23-30,38-39,69,73,77-79H,12,14-17,19-22H2,1-11H3,(H,81,82)(H,83,84)(H,85,86)(H,87,88)(H,89,90)(H,91,92). The molecule has 11 rings (SSSR count). The molecule has 21 nitrogen and oxygen atoms in total. The first-order valence-electron chi connectivity index (χ1n) is 31.1. The van der Waals surface area contributed by atoms with Crippen molar-refractivity contribution in [1.82, 2.24) is 39.9 Å². The number of carbonyl (C=O) groups is 6. The van der Waals surface area contributed by atoms with E-state index in [1.807, 2.05) is 85.7 Å². The van der Waals surface area contributed by atoms with Crippen molar-refractivity contribution in [2.24, 2.45) is 5.92 Å². The number of carboxylic acid groups (broad SMARTS) is 6. The Balaban J connectivity index is 1.15. The minimum absolute atomic E-state index is 0.0914. The second-order valence-corrected chi connectivity index (χ2v) is 24.9. The predicted molar refractivity (Wildman–Crippen MR) is 354 cm³/mol. The lowest BCUT2D eigenvalue weighted by Gasteiger charge is -2.35. The van der Waals surface area contributed by atoms with E-state index in [4.69, 9.17) is 24.7 Å². The van der Waals surface area contributed by atoms with Crippen molar-refractivity contribution in [3.8, 4) is 0 Å². The number of aliphatic carboxylic acids is 6. The Morgan fingerprint density at radius 1 is 0.462 bits per heavy atom. The molecule has 4 aliphatic heterocycles. The van der Waals surface area contributed by atoms with Crippen LogP contribution in [-0.4, -0.2) is 106 Å². The highest BCUT2D eigenvalue weighted by molar-refractivity contribution is 6.02. The summed E-state index contributed by atoms with van der Waals surface area (Å²) in [6.45, 7) is 21.2. The number of fused-ring (bicyclic) bond motifs is 19. The van der Waals surface area contributed by atoms with E-state index in [-0.39, 0.29) is 62.6 Å². The molecule has 93 heavy (non-hydrogen) atoms. The van der Waals surface area contributed by atoms with Gasteiger partial charge in [-0.1, -0.05) is 19.1 Å². The number of nitrogens with zero attached hydrogens (tertiary/aromatic N) is 4. The number of carboxylic acids is 6. The maximum atomic E-state index is 13.5.